The van der Waals surface area contributed by atoms with Crippen molar-refractivity contribution in [2.45, 2.75) is 4.90 Å². The van der Waals surface area contributed by atoms with E-state index in [1.807, 2.05) is 36.4 Å². The maximum Gasteiger partial charge on any atom is 0.264 e. The SMILES string of the molecule is COc1ccc(N(CC(=O)Nc2cccc3ccccc23)S(=O)(=O)c2ccccc2)cc1Cl. The second-order valence-corrected chi connectivity index (χ2v) is 9.49. The summed E-state index contributed by atoms with van der Waals surface area (Å²) >= 11 is 6.25. The molecular weight excluding hydrogens is 460 g/mol. The number of methoxy groups -OCH3 is 1. The lowest BCUT2D eigenvalue weighted by atomic mass is 10.1. The number of ether oxygens (including phenoxy) is 1. The van der Waals surface area contributed by atoms with Crippen molar-refractivity contribution in [1.82, 2.24) is 0 Å². The number of hydrogen-bond acceptors (Lipinski definition) is 4. The van der Waals surface area contributed by atoms with Gasteiger partial charge in [-0.2, -0.15) is 0 Å². The van der Waals surface area contributed by atoms with E-state index in [4.69, 9.17) is 16.3 Å². The Kier molecular flexibility index (Phi) is 6.53. The summed E-state index contributed by atoms with van der Waals surface area (Å²) in [7, 11) is -2.58. The third-order valence-electron chi connectivity index (χ3n) is 5.11. The van der Waals surface area contributed by atoms with Crippen molar-refractivity contribution in [1.29, 1.82) is 0 Å². The largest absolute Gasteiger partial charge is 0.495 e. The molecule has 0 aliphatic carbocycles. The molecule has 1 N–H and O–H groups in total. The molecule has 0 spiro atoms. The number of halogens is 1. The molecule has 0 aromatic heterocycles. The smallest absolute Gasteiger partial charge is 0.264 e. The fraction of sp³-hybridized carbons (Fsp3) is 0.0800. The minimum Gasteiger partial charge on any atom is -0.495 e. The van der Waals surface area contributed by atoms with E-state index in [9.17, 15) is 13.2 Å². The van der Waals surface area contributed by atoms with E-state index in [1.165, 1.54) is 25.3 Å². The Hall–Kier alpha value is -3.55. The van der Waals surface area contributed by atoms with Crippen LogP contribution in [0.1, 0.15) is 0 Å². The first-order valence-electron chi connectivity index (χ1n) is 10.1. The zero-order chi connectivity index (χ0) is 23.4. The molecule has 0 unspecified atom stereocenters. The number of rotatable bonds is 7. The molecule has 0 aliphatic heterocycles. The number of carbonyl (C=O) groups excluding carboxylic acids is 1. The van der Waals surface area contributed by atoms with E-state index in [-0.39, 0.29) is 15.6 Å². The first-order valence-corrected chi connectivity index (χ1v) is 11.9. The Bertz CT molecular complexity index is 1400. The van der Waals surface area contributed by atoms with E-state index < -0.39 is 22.5 Å². The van der Waals surface area contributed by atoms with Crippen molar-refractivity contribution in [2.24, 2.45) is 0 Å². The molecule has 33 heavy (non-hydrogen) atoms. The van der Waals surface area contributed by atoms with Crippen LogP contribution < -0.4 is 14.4 Å². The molecule has 4 aromatic rings. The van der Waals surface area contributed by atoms with Gasteiger partial charge in [0.2, 0.25) is 5.91 Å². The van der Waals surface area contributed by atoms with Crippen LogP contribution in [0.15, 0.2) is 95.9 Å². The highest BCUT2D eigenvalue weighted by Crippen LogP contribution is 2.32. The van der Waals surface area contributed by atoms with Crippen LogP contribution in [0.5, 0.6) is 5.75 Å². The number of amides is 1. The lowest BCUT2D eigenvalue weighted by Crippen LogP contribution is -2.38. The van der Waals surface area contributed by atoms with Gasteiger partial charge < -0.3 is 10.1 Å². The van der Waals surface area contributed by atoms with Gasteiger partial charge in [0.15, 0.2) is 0 Å². The van der Waals surface area contributed by atoms with Crippen LogP contribution in [-0.2, 0) is 14.8 Å². The van der Waals surface area contributed by atoms with Crippen LogP contribution in [-0.4, -0.2) is 28.0 Å². The molecule has 4 aromatic carbocycles. The van der Waals surface area contributed by atoms with Gasteiger partial charge in [0.05, 0.1) is 22.7 Å². The molecule has 0 heterocycles. The third kappa shape index (κ3) is 4.79. The number of fused-ring (bicyclic) bond motifs is 1. The summed E-state index contributed by atoms with van der Waals surface area (Å²) in [6, 6.07) is 25.7. The second-order valence-electron chi connectivity index (χ2n) is 7.22. The van der Waals surface area contributed by atoms with Crippen molar-refractivity contribution in [3.63, 3.8) is 0 Å². The number of nitrogens with one attached hydrogen (secondary N) is 1. The predicted octanol–water partition coefficient (Wildman–Crippen LogP) is 5.34. The van der Waals surface area contributed by atoms with Gasteiger partial charge in [0.1, 0.15) is 12.3 Å². The topological polar surface area (TPSA) is 75.7 Å². The molecule has 1 amide bonds. The molecule has 0 bridgehead atoms. The molecule has 0 radical (unpaired) electrons. The summed E-state index contributed by atoms with van der Waals surface area (Å²) in [4.78, 5) is 13.1. The minimum atomic E-state index is -4.05. The summed E-state index contributed by atoms with van der Waals surface area (Å²) in [6.07, 6.45) is 0. The van der Waals surface area contributed by atoms with Gasteiger partial charge in [-0.25, -0.2) is 8.42 Å². The Labute approximate surface area is 197 Å². The average molecular weight is 481 g/mol. The Morgan fingerprint density at radius 1 is 0.939 bits per heavy atom. The molecule has 4 rings (SSSR count). The molecular formula is C25H21ClN2O4S. The Morgan fingerprint density at radius 2 is 1.64 bits per heavy atom. The quantitative estimate of drug-likeness (QED) is 0.387. The fourth-order valence-electron chi connectivity index (χ4n) is 3.50. The minimum absolute atomic E-state index is 0.0647. The zero-order valence-corrected chi connectivity index (χ0v) is 19.3. The number of sulfonamides is 1. The molecule has 0 fully saturated rings. The predicted molar refractivity (Wildman–Crippen MR) is 132 cm³/mol. The van der Waals surface area contributed by atoms with Gasteiger partial charge >= 0.3 is 0 Å². The summed E-state index contributed by atoms with van der Waals surface area (Å²) < 4.78 is 33.1. The van der Waals surface area contributed by atoms with Crippen LogP contribution >= 0.6 is 11.6 Å². The summed E-state index contributed by atoms with van der Waals surface area (Å²) in [5, 5.41) is 4.90. The number of carbonyl (C=O) groups is 1. The summed E-state index contributed by atoms with van der Waals surface area (Å²) in [6.45, 7) is -0.441. The van der Waals surface area contributed by atoms with Gasteiger partial charge in [-0.3, -0.25) is 9.10 Å². The van der Waals surface area contributed by atoms with Crippen LogP contribution in [0.4, 0.5) is 11.4 Å². The van der Waals surface area contributed by atoms with Crippen molar-refractivity contribution in [2.75, 3.05) is 23.3 Å². The van der Waals surface area contributed by atoms with Gasteiger partial charge in [-0.1, -0.05) is 66.2 Å². The molecule has 6 nitrogen and oxygen atoms in total. The highest BCUT2D eigenvalue weighted by molar-refractivity contribution is 7.92. The lowest BCUT2D eigenvalue weighted by molar-refractivity contribution is -0.114. The van der Waals surface area contributed by atoms with E-state index in [1.54, 1.807) is 36.4 Å². The Balaban J connectivity index is 1.70. The Morgan fingerprint density at radius 3 is 2.36 bits per heavy atom. The van der Waals surface area contributed by atoms with Crippen LogP contribution in [0.2, 0.25) is 5.02 Å². The number of nitrogens with zero attached hydrogens (tertiary/aromatic N) is 1. The fourth-order valence-corrected chi connectivity index (χ4v) is 5.19. The van der Waals surface area contributed by atoms with E-state index in [2.05, 4.69) is 5.32 Å². The van der Waals surface area contributed by atoms with E-state index in [0.717, 1.165) is 15.1 Å². The molecule has 0 atom stereocenters. The van der Waals surface area contributed by atoms with Gasteiger partial charge in [-0.15, -0.1) is 0 Å². The molecule has 0 saturated heterocycles. The summed E-state index contributed by atoms with van der Waals surface area (Å²) in [5.74, 6) is -0.0875. The molecule has 8 heteroatoms. The van der Waals surface area contributed by atoms with Crippen molar-refractivity contribution in [3.05, 3.63) is 96.0 Å². The van der Waals surface area contributed by atoms with Crippen LogP contribution in [0, 0.1) is 0 Å². The summed E-state index contributed by atoms with van der Waals surface area (Å²) in [5.41, 5.74) is 0.848. The van der Waals surface area contributed by atoms with Crippen LogP contribution in [0.25, 0.3) is 10.8 Å². The highest BCUT2D eigenvalue weighted by atomic mass is 35.5. The van der Waals surface area contributed by atoms with Crippen molar-refractivity contribution < 1.29 is 17.9 Å². The number of hydrogen-bond donors (Lipinski definition) is 1. The van der Waals surface area contributed by atoms with Crippen molar-refractivity contribution in [3.8, 4) is 5.75 Å². The standard InChI is InChI=1S/C25H21ClN2O4S/c1-32-24-15-14-19(16-22(24)26)28(33(30,31)20-10-3-2-4-11-20)17-25(29)27-23-13-7-9-18-8-5-6-12-21(18)23/h2-16H,17H2,1H3,(H,27,29). The van der Waals surface area contributed by atoms with Crippen molar-refractivity contribution >= 4 is 49.7 Å². The molecule has 0 saturated carbocycles. The normalized spacial score (nSPS) is 11.2. The third-order valence-corrected chi connectivity index (χ3v) is 7.19. The maximum atomic E-state index is 13.5. The zero-order valence-electron chi connectivity index (χ0n) is 17.7. The van der Waals surface area contributed by atoms with Gasteiger partial charge in [-0.05, 0) is 41.8 Å². The van der Waals surface area contributed by atoms with Gasteiger partial charge in [0.25, 0.3) is 10.0 Å². The average Bonchev–Trinajstić information content (AvgIpc) is 2.83. The molecule has 0 aliphatic rings. The first kappa shape index (κ1) is 22.6. The monoisotopic (exact) mass is 480 g/mol. The first-order chi connectivity index (χ1) is 15.9. The maximum absolute atomic E-state index is 13.5. The van der Waals surface area contributed by atoms with Crippen LogP contribution in [0.3, 0.4) is 0 Å². The highest BCUT2D eigenvalue weighted by Gasteiger charge is 2.28. The van der Waals surface area contributed by atoms with E-state index >= 15 is 0 Å². The number of anilines is 2. The van der Waals surface area contributed by atoms with E-state index in [0.29, 0.717) is 11.4 Å². The second kappa shape index (κ2) is 9.52. The van der Waals surface area contributed by atoms with Gasteiger partial charge in [0, 0.05) is 11.1 Å². The number of benzene rings is 4. The molecule has 168 valence electrons. The lowest BCUT2D eigenvalue weighted by Gasteiger charge is -2.24.